The van der Waals surface area contributed by atoms with Gasteiger partial charge in [0.2, 0.25) is 15.9 Å². The molecule has 8 nitrogen and oxygen atoms in total. The first kappa shape index (κ1) is 22.6. The molecule has 1 atom stereocenters. The molecule has 1 aliphatic rings. The number of hydrogen-bond donors (Lipinski definition) is 2. The number of amides is 1. The molecule has 0 unspecified atom stereocenters. The van der Waals surface area contributed by atoms with Crippen LogP contribution in [-0.2, 0) is 14.8 Å². The number of piperidine rings is 1. The second-order valence-electron chi connectivity index (χ2n) is 7.66. The van der Waals surface area contributed by atoms with E-state index in [9.17, 15) is 13.2 Å². The Hall–Kier alpha value is -2.56. The third-order valence-electron chi connectivity index (χ3n) is 5.40. The highest BCUT2D eigenvalue weighted by Crippen LogP contribution is 2.27. The number of thioether (sulfide) groups is 1. The quantitative estimate of drug-likeness (QED) is 0.504. The largest absolute Gasteiger partial charge is 0.497 e. The van der Waals surface area contributed by atoms with Crippen molar-refractivity contribution in [2.24, 2.45) is 0 Å². The maximum absolute atomic E-state index is 12.8. The van der Waals surface area contributed by atoms with Crippen LogP contribution < -0.4 is 10.1 Å². The minimum Gasteiger partial charge on any atom is -0.497 e. The van der Waals surface area contributed by atoms with Gasteiger partial charge in [-0.25, -0.2) is 13.4 Å². The van der Waals surface area contributed by atoms with Crippen LogP contribution in [0.4, 0.5) is 5.69 Å². The van der Waals surface area contributed by atoms with Crippen molar-refractivity contribution in [3.8, 4) is 5.75 Å². The van der Waals surface area contributed by atoms with E-state index in [4.69, 9.17) is 4.74 Å². The van der Waals surface area contributed by atoms with Gasteiger partial charge < -0.3 is 15.0 Å². The summed E-state index contributed by atoms with van der Waals surface area (Å²) in [6.45, 7) is 2.91. The first-order valence-corrected chi connectivity index (χ1v) is 12.8. The molecular formula is C22H26N4O4S2. The smallest absolute Gasteiger partial charge is 0.243 e. The van der Waals surface area contributed by atoms with E-state index >= 15 is 0 Å². The summed E-state index contributed by atoms with van der Waals surface area (Å²) in [4.78, 5) is 20.6. The van der Waals surface area contributed by atoms with E-state index in [2.05, 4.69) is 15.3 Å². The third-order valence-corrected chi connectivity index (χ3v) is 8.30. The normalized spacial score (nSPS) is 16.1. The summed E-state index contributed by atoms with van der Waals surface area (Å²) in [7, 11) is -1.88. The van der Waals surface area contributed by atoms with Crippen molar-refractivity contribution in [3.63, 3.8) is 0 Å². The van der Waals surface area contributed by atoms with E-state index in [1.807, 2.05) is 18.2 Å². The molecule has 3 aromatic rings. The van der Waals surface area contributed by atoms with Gasteiger partial charge in [-0.1, -0.05) is 18.2 Å². The molecule has 170 valence electrons. The van der Waals surface area contributed by atoms with Crippen LogP contribution in [0.3, 0.4) is 0 Å². The van der Waals surface area contributed by atoms with Gasteiger partial charge in [0.15, 0.2) is 5.16 Å². The van der Waals surface area contributed by atoms with Crippen molar-refractivity contribution in [1.82, 2.24) is 14.3 Å². The lowest BCUT2D eigenvalue weighted by atomic mass is 10.2. The summed E-state index contributed by atoms with van der Waals surface area (Å²) < 4.78 is 32.3. The number of nitrogens with zero attached hydrogens (tertiary/aromatic N) is 2. The maximum atomic E-state index is 12.8. The number of H-pyrrole nitrogens is 1. The van der Waals surface area contributed by atoms with Gasteiger partial charge in [0.1, 0.15) is 5.75 Å². The number of ether oxygens (including phenoxy) is 1. The molecule has 1 aliphatic heterocycles. The van der Waals surface area contributed by atoms with Crippen LogP contribution in [0.15, 0.2) is 52.5 Å². The van der Waals surface area contributed by atoms with E-state index < -0.39 is 15.3 Å². The zero-order valence-electron chi connectivity index (χ0n) is 18.0. The van der Waals surface area contributed by atoms with Gasteiger partial charge in [0.05, 0.1) is 28.3 Å². The lowest BCUT2D eigenvalue weighted by molar-refractivity contribution is -0.115. The molecule has 0 bridgehead atoms. The number of anilines is 1. The number of imidazole rings is 1. The Morgan fingerprint density at radius 1 is 1.16 bits per heavy atom. The monoisotopic (exact) mass is 474 g/mol. The van der Waals surface area contributed by atoms with Gasteiger partial charge in [-0.15, -0.1) is 0 Å². The lowest BCUT2D eigenvalue weighted by Crippen LogP contribution is -2.35. The van der Waals surface area contributed by atoms with Crippen molar-refractivity contribution in [2.45, 2.75) is 41.5 Å². The molecule has 1 saturated heterocycles. The van der Waals surface area contributed by atoms with Crippen LogP contribution in [0.5, 0.6) is 5.75 Å². The standard InChI is InChI=1S/C22H26N4O4S2/c1-15(31-22-24-19-11-8-17(30-2)14-20(19)25-22)21(27)23-16-6-9-18(10-7-16)32(28,29)26-12-4-3-5-13-26/h6-11,14-15H,3-5,12-13H2,1-2H3,(H,23,27)(H,24,25)/t15-/m0/s1. The Labute approximate surface area is 191 Å². The highest BCUT2D eigenvalue weighted by atomic mass is 32.2. The van der Waals surface area contributed by atoms with Crippen molar-refractivity contribution < 1.29 is 17.9 Å². The predicted octanol–water partition coefficient (Wildman–Crippen LogP) is 3.87. The third kappa shape index (κ3) is 4.92. The number of benzene rings is 2. The molecular weight excluding hydrogens is 448 g/mol. The van der Waals surface area contributed by atoms with Crippen LogP contribution in [0.25, 0.3) is 11.0 Å². The number of carbonyl (C=O) groups is 1. The number of carbonyl (C=O) groups excluding carboxylic acids is 1. The first-order chi connectivity index (χ1) is 15.4. The van der Waals surface area contributed by atoms with Crippen molar-refractivity contribution >= 4 is 44.4 Å². The fraction of sp³-hybridized carbons (Fsp3) is 0.364. The molecule has 0 spiro atoms. The number of aromatic nitrogens is 2. The Morgan fingerprint density at radius 3 is 2.56 bits per heavy atom. The van der Waals surface area contributed by atoms with Crippen LogP contribution in [0.2, 0.25) is 0 Å². The van der Waals surface area contributed by atoms with Crippen LogP contribution in [0, 0.1) is 0 Å². The molecule has 4 rings (SSSR count). The predicted molar refractivity (Wildman–Crippen MR) is 126 cm³/mol. The fourth-order valence-electron chi connectivity index (χ4n) is 3.58. The van der Waals surface area contributed by atoms with Crippen molar-refractivity contribution in [1.29, 1.82) is 0 Å². The minimum atomic E-state index is -3.49. The molecule has 1 amide bonds. The lowest BCUT2D eigenvalue weighted by Gasteiger charge is -2.25. The summed E-state index contributed by atoms with van der Waals surface area (Å²) in [5.41, 5.74) is 2.19. The number of aromatic amines is 1. The first-order valence-electron chi connectivity index (χ1n) is 10.5. The minimum absolute atomic E-state index is 0.195. The van der Waals surface area contributed by atoms with E-state index in [1.165, 1.54) is 16.1 Å². The van der Waals surface area contributed by atoms with E-state index in [1.54, 1.807) is 38.3 Å². The van der Waals surface area contributed by atoms with Gasteiger partial charge in [0.25, 0.3) is 0 Å². The zero-order chi connectivity index (χ0) is 22.7. The second-order valence-corrected chi connectivity index (χ2v) is 10.9. The van der Waals surface area contributed by atoms with Crippen LogP contribution in [0.1, 0.15) is 26.2 Å². The summed E-state index contributed by atoms with van der Waals surface area (Å²) in [5.74, 6) is 0.536. The van der Waals surface area contributed by atoms with Gasteiger partial charge in [0, 0.05) is 24.8 Å². The summed E-state index contributed by atoms with van der Waals surface area (Å²) in [6.07, 6.45) is 2.85. The van der Waals surface area contributed by atoms with Gasteiger partial charge >= 0.3 is 0 Å². The number of methoxy groups -OCH3 is 1. The summed E-state index contributed by atoms with van der Waals surface area (Å²) in [5, 5.41) is 3.07. The topological polar surface area (TPSA) is 104 Å². The maximum Gasteiger partial charge on any atom is 0.243 e. The molecule has 0 radical (unpaired) electrons. The average molecular weight is 475 g/mol. The summed E-state index contributed by atoms with van der Waals surface area (Å²) >= 11 is 1.31. The number of nitrogens with one attached hydrogen (secondary N) is 2. The SMILES string of the molecule is COc1ccc2nc(S[C@@H](C)C(=O)Nc3ccc(S(=O)(=O)N4CCCCC4)cc3)[nH]c2c1. The van der Waals surface area contributed by atoms with E-state index in [0.717, 1.165) is 36.0 Å². The number of fused-ring (bicyclic) bond motifs is 1. The average Bonchev–Trinajstić information content (AvgIpc) is 3.21. The van der Waals surface area contributed by atoms with Gasteiger partial charge in [-0.05, 0) is 56.2 Å². The molecule has 0 aliphatic carbocycles. The highest BCUT2D eigenvalue weighted by Gasteiger charge is 2.26. The Kier molecular flexibility index (Phi) is 6.73. The Balaban J connectivity index is 1.39. The van der Waals surface area contributed by atoms with Crippen LogP contribution >= 0.6 is 11.8 Å². The molecule has 0 saturated carbocycles. The Morgan fingerprint density at radius 2 is 1.88 bits per heavy atom. The van der Waals surface area contributed by atoms with Crippen molar-refractivity contribution in [3.05, 3.63) is 42.5 Å². The number of hydrogen-bond acceptors (Lipinski definition) is 6. The zero-order valence-corrected chi connectivity index (χ0v) is 19.6. The van der Waals surface area contributed by atoms with E-state index in [0.29, 0.717) is 23.9 Å². The highest BCUT2D eigenvalue weighted by molar-refractivity contribution is 8.00. The molecule has 2 N–H and O–H groups in total. The van der Waals surface area contributed by atoms with Gasteiger partial charge in [-0.2, -0.15) is 4.31 Å². The summed E-state index contributed by atoms with van der Waals surface area (Å²) in [6, 6.07) is 11.9. The van der Waals surface area contributed by atoms with Gasteiger partial charge in [-0.3, -0.25) is 4.79 Å². The second kappa shape index (κ2) is 9.51. The van der Waals surface area contributed by atoms with Crippen molar-refractivity contribution in [2.75, 3.05) is 25.5 Å². The fourth-order valence-corrected chi connectivity index (χ4v) is 5.92. The molecule has 10 heteroatoms. The molecule has 2 heterocycles. The number of sulfonamides is 1. The molecule has 1 aromatic heterocycles. The molecule has 1 fully saturated rings. The number of rotatable bonds is 7. The van der Waals surface area contributed by atoms with E-state index in [-0.39, 0.29) is 10.8 Å². The van der Waals surface area contributed by atoms with Crippen LogP contribution in [-0.4, -0.2) is 54.0 Å². The molecule has 2 aromatic carbocycles. The molecule has 32 heavy (non-hydrogen) atoms. The Bertz CT molecular complexity index is 1200.